The maximum atomic E-state index is 12.1. The Morgan fingerprint density at radius 2 is 2.06 bits per heavy atom. The van der Waals surface area contributed by atoms with Crippen LogP contribution in [0.1, 0.15) is 29.7 Å². The molecule has 0 bridgehead atoms. The van der Waals surface area contributed by atoms with Crippen LogP contribution < -0.4 is 5.32 Å². The third-order valence-electron chi connectivity index (χ3n) is 5.18. The number of likely N-dealkylation sites (tertiary alicyclic amines) is 1. The standard InChI is InChI=1S/C22H29N3O6S/c26-20-4-8-25(9-5-20)13-17-3-7-23-19(11-17)1-2-21(27)12-24-22(28)16-32(29,30)15-18-6-10-31-14-18/h2-3,6-7,10-11,14,20,26-27H,1,4-5,8-9,12-13,15-16H2,(H,24,28). The largest absolute Gasteiger partial charge is 0.511 e. The van der Waals surface area contributed by atoms with Gasteiger partial charge in [0.15, 0.2) is 9.84 Å². The van der Waals surface area contributed by atoms with Gasteiger partial charge in [0.2, 0.25) is 5.91 Å². The number of piperidine rings is 1. The van der Waals surface area contributed by atoms with E-state index in [1.54, 1.807) is 12.3 Å². The molecule has 1 fully saturated rings. The van der Waals surface area contributed by atoms with Crippen molar-refractivity contribution in [3.63, 3.8) is 0 Å². The second-order valence-electron chi connectivity index (χ2n) is 8.00. The molecule has 0 atom stereocenters. The summed E-state index contributed by atoms with van der Waals surface area (Å²) < 4.78 is 28.9. The van der Waals surface area contributed by atoms with E-state index in [0.717, 1.165) is 43.7 Å². The van der Waals surface area contributed by atoms with Crippen molar-refractivity contribution in [2.24, 2.45) is 0 Å². The molecule has 0 aliphatic carbocycles. The van der Waals surface area contributed by atoms with Crippen molar-refractivity contribution in [2.75, 3.05) is 25.4 Å². The van der Waals surface area contributed by atoms with Gasteiger partial charge in [-0.3, -0.25) is 14.7 Å². The van der Waals surface area contributed by atoms with E-state index in [4.69, 9.17) is 4.42 Å². The summed E-state index contributed by atoms with van der Waals surface area (Å²) in [5, 5.41) is 22.1. The van der Waals surface area contributed by atoms with Gasteiger partial charge in [-0.15, -0.1) is 0 Å². The Morgan fingerprint density at radius 1 is 1.28 bits per heavy atom. The highest BCUT2D eigenvalue weighted by Crippen LogP contribution is 2.14. The number of furan rings is 1. The quantitative estimate of drug-likeness (QED) is 0.450. The SMILES string of the molecule is O=C(CS(=O)(=O)Cc1ccoc1)NCC(O)=CCc1cc(CN2CCC(O)CC2)ccn1. The summed E-state index contributed by atoms with van der Waals surface area (Å²) in [7, 11) is -3.63. The molecule has 0 spiro atoms. The topological polar surface area (TPSA) is 133 Å². The van der Waals surface area contributed by atoms with Crippen LogP contribution in [0.25, 0.3) is 0 Å². The highest BCUT2D eigenvalue weighted by Gasteiger charge is 2.18. The van der Waals surface area contributed by atoms with Gasteiger partial charge in [-0.05, 0) is 42.7 Å². The van der Waals surface area contributed by atoms with Gasteiger partial charge in [0.25, 0.3) is 0 Å². The molecular formula is C22H29N3O6S. The Labute approximate surface area is 187 Å². The molecular weight excluding hydrogens is 434 g/mol. The molecule has 0 saturated carbocycles. The number of aromatic nitrogens is 1. The van der Waals surface area contributed by atoms with Gasteiger partial charge in [-0.1, -0.05) is 0 Å². The first-order valence-corrected chi connectivity index (χ1v) is 12.3. The lowest BCUT2D eigenvalue weighted by atomic mass is 10.1. The van der Waals surface area contributed by atoms with Gasteiger partial charge in [0.05, 0.1) is 30.9 Å². The van der Waals surface area contributed by atoms with Crippen molar-refractivity contribution in [3.05, 3.63) is 65.6 Å². The van der Waals surface area contributed by atoms with Crippen LogP contribution in [0.15, 0.2) is 53.2 Å². The summed E-state index contributed by atoms with van der Waals surface area (Å²) in [4.78, 5) is 18.5. The molecule has 9 nitrogen and oxygen atoms in total. The molecule has 32 heavy (non-hydrogen) atoms. The van der Waals surface area contributed by atoms with Crippen molar-refractivity contribution in [3.8, 4) is 0 Å². The first kappa shape index (κ1) is 24.0. The lowest BCUT2D eigenvalue weighted by Gasteiger charge is -2.29. The van der Waals surface area contributed by atoms with Crippen molar-refractivity contribution in [1.29, 1.82) is 0 Å². The van der Waals surface area contributed by atoms with Crippen molar-refractivity contribution in [2.45, 2.75) is 37.7 Å². The van der Waals surface area contributed by atoms with Gasteiger partial charge >= 0.3 is 0 Å². The van der Waals surface area contributed by atoms with Gasteiger partial charge in [-0.2, -0.15) is 0 Å². The summed E-state index contributed by atoms with van der Waals surface area (Å²) in [5.41, 5.74) is 2.36. The number of carbonyl (C=O) groups is 1. The fraction of sp³-hybridized carbons (Fsp3) is 0.455. The van der Waals surface area contributed by atoms with Crippen LogP contribution in [0, 0.1) is 0 Å². The van der Waals surface area contributed by atoms with Crippen LogP contribution >= 0.6 is 0 Å². The third-order valence-corrected chi connectivity index (χ3v) is 6.65. The Balaban J connectivity index is 1.43. The monoisotopic (exact) mass is 463 g/mol. The fourth-order valence-electron chi connectivity index (χ4n) is 3.49. The molecule has 1 amide bonds. The smallest absolute Gasteiger partial charge is 0.235 e. The summed E-state index contributed by atoms with van der Waals surface area (Å²) >= 11 is 0. The first-order valence-electron chi connectivity index (χ1n) is 10.5. The zero-order chi connectivity index (χ0) is 23.0. The van der Waals surface area contributed by atoms with Crippen LogP contribution in [0.4, 0.5) is 0 Å². The predicted molar refractivity (Wildman–Crippen MR) is 118 cm³/mol. The lowest BCUT2D eigenvalue weighted by Crippen LogP contribution is -2.35. The molecule has 1 aliphatic rings. The molecule has 10 heteroatoms. The Morgan fingerprint density at radius 3 is 2.78 bits per heavy atom. The van der Waals surface area contributed by atoms with Crippen LogP contribution in [0.2, 0.25) is 0 Å². The molecule has 0 unspecified atom stereocenters. The fourth-order valence-corrected chi connectivity index (χ4v) is 4.76. The van der Waals surface area contributed by atoms with Gasteiger partial charge in [0.1, 0.15) is 11.5 Å². The van der Waals surface area contributed by atoms with Gasteiger partial charge in [-0.25, -0.2) is 8.42 Å². The van der Waals surface area contributed by atoms with E-state index in [1.807, 2.05) is 12.1 Å². The maximum Gasteiger partial charge on any atom is 0.235 e. The number of aliphatic hydroxyl groups excluding tert-OH is 2. The Bertz CT molecular complexity index is 1010. The van der Waals surface area contributed by atoms with E-state index in [9.17, 15) is 23.4 Å². The highest BCUT2D eigenvalue weighted by atomic mass is 32.2. The van der Waals surface area contributed by atoms with Crippen molar-refractivity contribution >= 4 is 15.7 Å². The van der Waals surface area contributed by atoms with E-state index in [2.05, 4.69) is 15.2 Å². The molecule has 2 aromatic heterocycles. The van der Waals surface area contributed by atoms with Crippen molar-refractivity contribution in [1.82, 2.24) is 15.2 Å². The lowest BCUT2D eigenvalue weighted by molar-refractivity contribution is -0.118. The Hall–Kier alpha value is -2.69. The van der Waals surface area contributed by atoms with E-state index >= 15 is 0 Å². The zero-order valence-electron chi connectivity index (χ0n) is 17.8. The average molecular weight is 464 g/mol. The van der Waals surface area contributed by atoms with E-state index in [-0.39, 0.29) is 24.2 Å². The number of carbonyl (C=O) groups excluding carboxylic acids is 1. The molecule has 1 saturated heterocycles. The van der Waals surface area contributed by atoms with E-state index in [0.29, 0.717) is 12.0 Å². The summed E-state index contributed by atoms with van der Waals surface area (Å²) in [6.45, 7) is 2.34. The molecule has 174 valence electrons. The summed E-state index contributed by atoms with van der Waals surface area (Å²) in [5.74, 6) is -1.69. The number of allylic oxidation sites excluding steroid dienone is 1. The van der Waals surface area contributed by atoms with Crippen molar-refractivity contribution < 1.29 is 27.8 Å². The minimum absolute atomic E-state index is 0.0668. The average Bonchev–Trinajstić information content (AvgIpc) is 3.24. The highest BCUT2D eigenvalue weighted by molar-refractivity contribution is 7.91. The number of amides is 1. The molecule has 2 aromatic rings. The van der Waals surface area contributed by atoms with Crippen LogP contribution in [0.5, 0.6) is 0 Å². The number of pyridine rings is 1. The minimum atomic E-state index is -3.63. The van der Waals surface area contributed by atoms with Gasteiger partial charge in [0, 0.05) is 43.5 Å². The number of rotatable bonds is 10. The molecule has 0 aromatic carbocycles. The van der Waals surface area contributed by atoms with Gasteiger partial charge < -0.3 is 19.9 Å². The summed E-state index contributed by atoms with van der Waals surface area (Å²) in [6.07, 6.45) is 7.71. The third kappa shape index (κ3) is 8.10. The van der Waals surface area contributed by atoms with E-state index < -0.39 is 21.5 Å². The first-order chi connectivity index (χ1) is 15.3. The molecule has 3 rings (SSSR count). The number of nitrogens with zero attached hydrogens (tertiary/aromatic N) is 2. The molecule has 3 N–H and O–H groups in total. The van der Waals surface area contributed by atoms with Crippen LogP contribution in [-0.4, -0.2) is 65.9 Å². The number of aliphatic hydroxyl groups is 2. The Kier molecular flexibility index (Phi) is 8.43. The normalized spacial score (nSPS) is 16.2. The minimum Gasteiger partial charge on any atom is -0.511 e. The number of hydrogen-bond donors (Lipinski definition) is 3. The molecule has 3 heterocycles. The van der Waals surface area contributed by atoms with Crippen LogP contribution in [0.3, 0.4) is 0 Å². The maximum absolute atomic E-state index is 12.1. The predicted octanol–water partition coefficient (Wildman–Crippen LogP) is 1.35. The second kappa shape index (κ2) is 11.3. The zero-order valence-corrected chi connectivity index (χ0v) is 18.6. The number of hydrogen-bond acceptors (Lipinski definition) is 8. The molecule has 0 radical (unpaired) electrons. The second-order valence-corrected chi connectivity index (χ2v) is 10.1. The number of sulfone groups is 1. The molecule has 1 aliphatic heterocycles. The number of nitrogens with one attached hydrogen (secondary N) is 1. The van der Waals surface area contributed by atoms with Crippen LogP contribution in [-0.2, 0) is 33.4 Å². The summed E-state index contributed by atoms with van der Waals surface area (Å²) in [6, 6.07) is 5.45. The van der Waals surface area contributed by atoms with E-state index in [1.165, 1.54) is 18.6 Å².